The Morgan fingerprint density at radius 3 is 2.94 bits per heavy atom. The Hall–Kier alpha value is -0.870. The number of hydrogen-bond donors (Lipinski definition) is 1. The topological polar surface area (TPSA) is 41.6 Å². The predicted molar refractivity (Wildman–Crippen MR) is 75.1 cm³/mol. The van der Waals surface area contributed by atoms with Crippen LogP contribution in [0.5, 0.6) is 0 Å². The first-order valence-electron chi connectivity index (χ1n) is 5.65. The summed E-state index contributed by atoms with van der Waals surface area (Å²) < 4.78 is 0. The number of anilines is 1. The predicted octanol–water partition coefficient (Wildman–Crippen LogP) is 2.35. The van der Waals surface area contributed by atoms with Crippen LogP contribution in [0.4, 0.5) is 5.69 Å². The zero-order valence-electron chi connectivity index (χ0n) is 9.40. The Bertz CT molecular complexity index is 469. The first-order chi connectivity index (χ1) is 8.23. The Morgan fingerprint density at radius 2 is 2.24 bits per heavy atom. The molecule has 90 valence electrons. The van der Waals surface area contributed by atoms with Crippen molar-refractivity contribution in [2.45, 2.75) is 12.0 Å². The molecule has 2 aliphatic rings. The summed E-state index contributed by atoms with van der Waals surface area (Å²) in [6.45, 7) is 0.789. The van der Waals surface area contributed by atoms with Crippen LogP contribution in [0, 0.1) is 0 Å². The van der Waals surface area contributed by atoms with Crippen LogP contribution < -0.4 is 10.6 Å². The molecule has 3 nitrogen and oxygen atoms in total. The molecular weight excluding hydrogens is 254 g/mol. The van der Waals surface area contributed by atoms with Gasteiger partial charge >= 0.3 is 0 Å². The molecule has 1 spiro atoms. The standard InChI is InChI=1S/C12H14ClN3S/c13-9-3-1-2-4-10(9)16-11(14)15-7-12(16)5-6-17-8-12/h1-4H,5-8H2,(H2,14,15). The number of aliphatic imine (C=N–C) groups is 1. The highest BCUT2D eigenvalue weighted by molar-refractivity contribution is 7.99. The van der Waals surface area contributed by atoms with Crippen molar-refractivity contribution in [3.8, 4) is 0 Å². The third-order valence-electron chi connectivity index (χ3n) is 3.41. The fraction of sp³-hybridized carbons (Fsp3) is 0.417. The number of nitrogens with two attached hydrogens (primary N) is 1. The molecule has 1 saturated heterocycles. The molecule has 0 aromatic heterocycles. The van der Waals surface area contributed by atoms with E-state index in [0.29, 0.717) is 5.96 Å². The van der Waals surface area contributed by atoms with Gasteiger partial charge in [-0.3, -0.25) is 4.99 Å². The number of hydrogen-bond acceptors (Lipinski definition) is 4. The van der Waals surface area contributed by atoms with E-state index >= 15 is 0 Å². The highest BCUT2D eigenvalue weighted by Crippen LogP contribution is 2.41. The van der Waals surface area contributed by atoms with Gasteiger partial charge in [-0.2, -0.15) is 11.8 Å². The lowest BCUT2D eigenvalue weighted by atomic mass is 9.97. The summed E-state index contributed by atoms with van der Waals surface area (Å²) in [4.78, 5) is 6.55. The van der Waals surface area contributed by atoms with Crippen molar-refractivity contribution in [3.63, 3.8) is 0 Å². The quantitative estimate of drug-likeness (QED) is 0.849. The Labute approximate surface area is 110 Å². The maximum Gasteiger partial charge on any atom is 0.196 e. The van der Waals surface area contributed by atoms with E-state index in [1.54, 1.807) is 0 Å². The first-order valence-corrected chi connectivity index (χ1v) is 7.19. The summed E-state index contributed by atoms with van der Waals surface area (Å²) in [6, 6.07) is 7.84. The van der Waals surface area contributed by atoms with Gasteiger partial charge in [-0.05, 0) is 24.3 Å². The van der Waals surface area contributed by atoms with E-state index in [0.717, 1.165) is 29.4 Å². The van der Waals surface area contributed by atoms with Gasteiger partial charge in [0.1, 0.15) is 0 Å². The van der Waals surface area contributed by atoms with E-state index in [4.69, 9.17) is 17.3 Å². The average Bonchev–Trinajstić information content (AvgIpc) is 2.90. The van der Waals surface area contributed by atoms with Gasteiger partial charge in [0, 0.05) is 5.75 Å². The zero-order chi connectivity index (χ0) is 11.9. The summed E-state index contributed by atoms with van der Waals surface area (Å²) in [6.07, 6.45) is 1.12. The molecule has 0 saturated carbocycles. The molecule has 1 unspecified atom stereocenters. The van der Waals surface area contributed by atoms with Crippen LogP contribution >= 0.6 is 23.4 Å². The number of halogens is 1. The van der Waals surface area contributed by atoms with Gasteiger partial charge in [0.2, 0.25) is 0 Å². The zero-order valence-corrected chi connectivity index (χ0v) is 11.0. The molecule has 1 aromatic carbocycles. The number of thioether (sulfide) groups is 1. The Balaban J connectivity index is 2.05. The van der Waals surface area contributed by atoms with Crippen LogP contribution in [-0.2, 0) is 0 Å². The van der Waals surface area contributed by atoms with Gasteiger partial charge in [-0.25, -0.2) is 0 Å². The molecule has 1 fully saturated rings. The van der Waals surface area contributed by atoms with Crippen molar-refractivity contribution >= 4 is 35.0 Å². The van der Waals surface area contributed by atoms with Crippen molar-refractivity contribution in [3.05, 3.63) is 29.3 Å². The van der Waals surface area contributed by atoms with Crippen molar-refractivity contribution < 1.29 is 0 Å². The largest absolute Gasteiger partial charge is 0.369 e. The van der Waals surface area contributed by atoms with Crippen LogP contribution in [0.2, 0.25) is 5.02 Å². The van der Waals surface area contributed by atoms with Crippen molar-refractivity contribution in [2.75, 3.05) is 23.0 Å². The number of benzene rings is 1. The molecule has 2 aliphatic heterocycles. The maximum absolute atomic E-state index is 6.27. The number of rotatable bonds is 1. The highest BCUT2D eigenvalue weighted by atomic mass is 35.5. The van der Waals surface area contributed by atoms with E-state index in [-0.39, 0.29) is 5.54 Å². The van der Waals surface area contributed by atoms with Gasteiger partial charge in [-0.1, -0.05) is 23.7 Å². The SMILES string of the molecule is NC1=NCC2(CCSC2)N1c1ccccc1Cl. The van der Waals surface area contributed by atoms with Crippen molar-refractivity contribution in [1.29, 1.82) is 0 Å². The summed E-state index contributed by atoms with van der Waals surface area (Å²) >= 11 is 8.24. The fourth-order valence-corrected chi connectivity index (χ4v) is 4.16. The molecule has 1 atom stereocenters. The van der Waals surface area contributed by atoms with Gasteiger partial charge in [0.15, 0.2) is 5.96 Å². The number of para-hydroxylation sites is 1. The van der Waals surface area contributed by atoms with Gasteiger partial charge in [0.25, 0.3) is 0 Å². The molecule has 2 N–H and O–H groups in total. The average molecular weight is 268 g/mol. The van der Waals surface area contributed by atoms with Crippen molar-refractivity contribution in [2.24, 2.45) is 10.7 Å². The molecule has 17 heavy (non-hydrogen) atoms. The minimum Gasteiger partial charge on any atom is -0.369 e. The minimum atomic E-state index is 0.0553. The lowest BCUT2D eigenvalue weighted by molar-refractivity contribution is 0.516. The highest BCUT2D eigenvalue weighted by Gasteiger charge is 2.46. The summed E-state index contributed by atoms with van der Waals surface area (Å²) in [5.41, 5.74) is 7.08. The van der Waals surface area contributed by atoms with Crippen LogP contribution in [0.1, 0.15) is 6.42 Å². The summed E-state index contributed by atoms with van der Waals surface area (Å²) in [7, 11) is 0. The van der Waals surface area contributed by atoms with Gasteiger partial charge < -0.3 is 10.6 Å². The number of guanidine groups is 1. The molecule has 0 aliphatic carbocycles. The molecular formula is C12H14ClN3S. The second-order valence-corrected chi connectivity index (χ2v) is 6.00. The molecule has 2 heterocycles. The van der Waals surface area contributed by atoms with Crippen LogP contribution in [0.25, 0.3) is 0 Å². The molecule has 0 amide bonds. The molecule has 5 heteroatoms. The van der Waals surface area contributed by atoms with Gasteiger partial charge in [-0.15, -0.1) is 0 Å². The summed E-state index contributed by atoms with van der Waals surface area (Å²) in [5.74, 6) is 2.84. The monoisotopic (exact) mass is 267 g/mol. The fourth-order valence-electron chi connectivity index (χ4n) is 2.52. The first kappa shape index (κ1) is 11.2. The molecule has 1 aromatic rings. The normalized spacial score (nSPS) is 27.8. The van der Waals surface area contributed by atoms with Crippen LogP contribution in [0.3, 0.4) is 0 Å². The minimum absolute atomic E-state index is 0.0553. The van der Waals surface area contributed by atoms with Crippen LogP contribution in [-0.4, -0.2) is 29.5 Å². The second-order valence-electron chi connectivity index (χ2n) is 4.49. The Morgan fingerprint density at radius 1 is 1.41 bits per heavy atom. The lowest BCUT2D eigenvalue weighted by Gasteiger charge is -2.35. The maximum atomic E-state index is 6.27. The third-order valence-corrected chi connectivity index (χ3v) is 4.97. The van der Waals surface area contributed by atoms with Crippen molar-refractivity contribution in [1.82, 2.24) is 0 Å². The smallest absolute Gasteiger partial charge is 0.196 e. The lowest BCUT2D eigenvalue weighted by Crippen LogP contribution is -2.52. The van der Waals surface area contributed by atoms with Gasteiger partial charge in [0.05, 0.1) is 22.8 Å². The third kappa shape index (κ3) is 1.70. The molecule has 3 rings (SSSR count). The van der Waals surface area contributed by atoms with E-state index in [1.807, 2.05) is 36.0 Å². The summed E-state index contributed by atoms with van der Waals surface area (Å²) in [5, 5.41) is 0.740. The number of nitrogens with zero attached hydrogens (tertiary/aromatic N) is 2. The van der Waals surface area contributed by atoms with E-state index in [2.05, 4.69) is 9.89 Å². The van der Waals surface area contributed by atoms with Crippen LogP contribution in [0.15, 0.2) is 29.3 Å². The van der Waals surface area contributed by atoms with E-state index in [9.17, 15) is 0 Å². The van der Waals surface area contributed by atoms with E-state index in [1.165, 1.54) is 5.75 Å². The Kier molecular flexibility index (Phi) is 2.71. The molecule has 0 bridgehead atoms. The second kappa shape index (κ2) is 4.10. The molecule has 0 radical (unpaired) electrons. The van der Waals surface area contributed by atoms with E-state index < -0.39 is 0 Å².